The maximum atomic E-state index is 12.8. The van der Waals surface area contributed by atoms with Gasteiger partial charge in [-0.3, -0.25) is 20.4 Å². The van der Waals surface area contributed by atoms with Crippen molar-refractivity contribution < 1.29 is 18.7 Å². The van der Waals surface area contributed by atoms with Crippen LogP contribution in [0, 0.1) is 5.82 Å². The molecule has 5 nitrogen and oxygen atoms in total. The number of hydrogen-bond acceptors (Lipinski definition) is 3. The van der Waals surface area contributed by atoms with Gasteiger partial charge in [-0.25, -0.2) is 4.39 Å². The zero-order valence-corrected chi connectivity index (χ0v) is 15.1. The van der Waals surface area contributed by atoms with Gasteiger partial charge in [0.05, 0.1) is 10.0 Å². The molecule has 0 spiro atoms. The van der Waals surface area contributed by atoms with Crippen molar-refractivity contribution in [1.29, 1.82) is 0 Å². The third-order valence-corrected chi connectivity index (χ3v) is 3.91. The summed E-state index contributed by atoms with van der Waals surface area (Å²) in [5, 5.41) is 0.782. The molecule has 2 aromatic rings. The first-order valence-electron chi connectivity index (χ1n) is 7.50. The first-order chi connectivity index (χ1) is 12.3. The van der Waals surface area contributed by atoms with Gasteiger partial charge in [0.15, 0.2) is 6.10 Å². The Morgan fingerprint density at radius 3 is 2.42 bits per heavy atom. The van der Waals surface area contributed by atoms with E-state index in [1.807, 2.05) is 0 Å². The number of ether oxygens (including phenoxy) is 1. The van der Waals surface area contributed by atoms with Crippen molar-refractivity contribution in [3.63, 3.8) is 0 Å². The maximum Gasteiger partial charge on any atom is 0.279 e. The number of nitrogens with one attached hydrogen (secondary N) is 2. The van der Waals surface area contributed by atoms with Crippen molar-refractivity contribution in [2.75, 3.05) is 0 Å². The van der Waals surface area contributed by atoms with Gasteiger partial charge in [-0.1, -0.05) is 29.3 Å². The van der Waals surface area contributed by atoms with Crippen LogP contribution >= 0.6 is 23.2 Å². The smallest absolute Gasteiger partial charge is 0.279 e. The summed E-state index contributed by atoms with van der Waals surface area (Å²) < 4.78 is 18.2. The molecular formula is C18H15Cl2FN2O3. The van der Waals surface area contributed by atoms with Gasteiger partial charge >= 0.3 is 0 Å². The Morgan fingerprint density at radius 1 is 1.08 bits per heavy atom. The first kappa shape index (κ1) is 19.8. The molecule has 0 heterocycles. The van der Waals surface area contributed by atoms with Crippen LogP contribution in [0.4, 0.5) is 4.39 Å². The first-order valence-corrected chi connectivity index (χ1v) is 8.26. The summed E-state index contributed by atoms with van der Waals surface area (Å²) in [6, 6.07) is 10.1. The van der Waals surface area contributed by atoms with Gasteiger partial charge < -0.3 is 4.74 Å². The fourth-order valence-corrected chi connectivity index (χ4v) is 2.13. The van der Waals surface area contributed by atoms with Gasteiger partial charge in [0.1, 0.15) is 11.6 Å². The lowest BCUT2D eigenvalue weighted by molar-refractivity contribution is -0.131. The molecule has 0 saturated heterocycles. The average molecular weight is 397 g/mol. The van der Waals surface area contributed by atoms with E-state index in [1.54, 1.807) is 18.2 Å². The molecule has 2 amide bonds. The number of rotatable bonds is 5. The fraction of sp³-hybridized carbons (Fsp3) is 0.111. The van der Waals surface area contributed by atoms with E-state index in [2.05, 4.69) is 10.9 Å². The number of hydrogen-bond donors (Lipinski definition) is 2. The number of benzene rings is 2. The highest BCUT2D eigenvalue weighted by molar-refractivity contribution is 6.42. The van der Waals surface area contributed by atoms with Crippen LogP contribution in [0.2, 0.25) is 10.0 Å². The quantitative estimate of drug-likeness (QED) is 0.597. The Morgan fingerprint density at radius 2 is 1.77 bits per heavy atom. The maximum absolute atomic E-state index is 12.8. The van der Waals surface area contributed by atoms with Crippen LogP contribution in [0.1, 0.15) is 12.5 Å². The fourth-order valence-electron chi connectivity index (χ4n) is 1.83. The van der Waals surface area contributed by atoms with Crippen molar-refractivity contribution in [2.45, 2.75) is 13.0 Å². The van der Waals surface area contributed by atoms with Crippen LogP contribution in [-0.2, 0) is 9.59 Å². The van der Waals surface area contributed by atoms with Gasteiger partial charge in [-0.05, 0) is 55.0 Å². The van der Waals surface area contributed by atoms with Gasteiger partial charge in [-0.15, -0.1) is 0 Å². The molecule has 2 N–H and O–H groups in total. The molecule has 26 heavy (non-hydrogen) atoms. The molecule has 136 valence electrons. The zero-order chi connectivity index (χ0) is 19.1. The van der Waals surface area contributed by atoms with Crippen molar-refractivity contribution in [1.82, 2.24) is 10.9 Å². The summed E-state index contributed by atoms with van der Waals surface area (Å²) in [5.41, 5.74) is 5.14. The molecule has 0 unspecified atom stereocenters. The molecule has 0 saturated carbocycles. The molecule has 0 aliphatic rings. The van der Waals surface area contributed by atoms with Gasteiger partial charge in [0, 0.05) is 6.08 Å². The van der Waals surface area contributed by atoms with E-state index in [9.17, 15) is 14.0 Å². The highest BCUT2D eigenvalue weighted by Gasteiger charge is 2.14. The van der Waals surface area contributed by atoms with Crippen molar-refractivity contribution >= 4 is 41.1 Å². The number of carbonyl (C=O) groups is 2. The van der Waals surface area contributed by atoms with Crippen LogP contribution in [0.25, 0.3) is 6.08 Å². The van der Waals surface area contributed by atoms with E-state index in [0.29, 0.717) is 21.4 Å². The van der Waals surface area contributed by atoms with E-state index in [1.165, 1.54) is 43.3 Å². The molecule has 0 aromatic heterocycles. The van der Waals surface area contributed by atoms with Crippen LogP contribution in [0.3, 0.4) is 0 Å². The third kappa shape index (κ3) is 6.06. The Labute approximate surface area is 159 Å². The predicted molar refractivity (Wildman–Crippen MR) is 98.3 cm³/mol. The highest BCUT2D eigenvalue weighted by atomic mass is 35.5. The zero-order valence-electron chi connectivity index (χ0n) is 13.6. The lowest BCUT2D eigenvalue weighted by atomic mass is 10.2. The predicted octanol–water partition coefficient (Wildman–Crippen LogP) is 3.76. The Bertz CT molecular complexity index is 826. The summed E-state index contributed by atoms with van der Waals surface area (Å²) in [6.45, 7) is 1.50. The molecule has 0 fully saturated rings. The summed E-state index contributed by atoms with van der Waals surface area (Å²) >= 11 is 11.7. The van der Waals surface area contributed by atoms with Crippen LogP contribution < -0.4 is 15.6 Å². The number of hydrazine groups is 1. The molecule has 0 bridgehead atoms. The van der Waals surface area contributed by atoms with Crippen molar-refractivity contribution in [3.05, 3.63) is 70.0 Å². The molecule has 0 aliphatic heterocycles. The van der Waals surface area contributed by atoms with Gasteiger partial charge in [0.25, 0.3) is 11.8 Å². The second-order valence-electron chi connectivity index (χ2n) is 5.20. The normalized spacial score (nSPS) is 11.8. The molecule has 8 heteroatoms. The molecular weight excluding hydrogens is 382 g/mol. The van der Waals surface area contributed by atoms with Gasteiger partial charge in [0.2, 0.25) is 0 Å². The topological polar surface area (TPSA) is 67.4 Å². The third-order valence-electron chi connectivity index (χ3n) is 3.18. The molecule has 0 radical (unpaired) electrons. The lowest BCUT2D eigenvalue weighted by Crippen LogP contribution is -2.46. The van der Waals surface area contributed by atoms with Crippen LogP contribution in [0.5, 0.6) is 5.75 Å². The van der Waals surface area contributed by atoms with Crippen LogP contribution in [0.15, 0.2) is 48.5 Å². The molecule has 2 aromatic carbocycles. The number of carbonyl (C=O) groups excluding carboxylic acids is 2. The standard InChI is InChI=1S/C18H15Cl2FN2O3/c1-11(26-14-6-4-13(21)5-7-14)18(25)23-22-17(24)9-3-12-2-8-15(19)16(20)10-12/h2-11H,1H3,(H,22,24)(H,23,25)/b9-3+/t11-/m0/s1. The number of halogens is 3. The summed E-state index contributed by atoms with van der Waals surface area (Å²) in [6.07, 6.45) is 1.85. The minimum absolute atomic E-state index is 0.333. The van der Waals surface area contributed by atoms with E-state index in [-0.39, 0.29) is 0 Å². The molecule has 1 atom stereocenters. The average Bonchev–Trinajstić information content (AvgIpc) is 2.62. The lowest BCUT2D eigenvalue weighted by Gasteiger charge is -2.14. The SMILES string of the molecule is C[C@H](Oc1ccc(F)cc1)C(=O)NNC(=O)/C=C/c1ccc(Cl)c(Cl)c1. The molecule has 2 rings (SSSR count). The van der Waals surface area contributed by atoms with Crippen LogP contribution in [-0.4, -0.2) is 17.9 Å². The molecule has 0 aliphatic carbocycles. The summed E-state index contributed by atoms with van der Waals surface area (Å²) in [7, 11) is 0. The van der Waals surface area contributed by atoms with E-state index < -0.39 is 23.7 Å². The Hall–Kier alpha value is -2.57. The van der Waals surface area contributed by atoms with E-state index in [4.69, 9.17) is 27.9 Å². The van der Waals surface area contributed by atoms with E-state index >= 15 is 0 Å². The Kier molecular flexibility index (Phi) is 7.00. The monoisotopic (exact) mass is 396 g/mol. The Balaban J connectivity index is 1.81. The van der Waals surface area contributed by atoms with Gasteiger partial charge in [-0.2, -0.15) is 0 Å². The number of amides is 2. The van der Waals surface area contributed by atoms with Crippen molar-refractivity contribution in [3.8, 4) is 5.75 Å². The summed E-state index contributed by atoms with van der Waals surface area (Å²) in [4.78, 5) is 23.6. The van der Waals surface area contributed by atoms with E-state index in [0.717, 1.165) is 0 Å². The largest absolute Gasteiger partial charge is 0.481 e. The highest BCUT2D eigenvalue weighted by Crippen LogP contribution is 2.23. The van der Waals surface area contributed by atoms with Crippen molar-refractivity contribution in [2.24, 2.45) is 0 Å². The second kappa shape index (κ2) is 9.22. The minimum Gasteiger partial charge on any atom is -0.481 e. The minimum atomic E-state index is -0.889. The second-order valence-corrected chi connectivity index (χ2v) is 6.01. The summed E-state index contributed by atoms with van der Waals surface area (Å²) in [5.74, 6) is -1.18.